The zero-order chi connectivity index (χ0) is 12.4. The first-order chi connectivity index (χ1) is 8.09. The van der Waals surface area contributed by atoms with Crippen molar-refractivity contribution in [1.82, 2.24) is 19.6 Å². The minimum Gasteiger partial charge on any atom is -0.356 e. The molecule has 92 valence electrons. The highest BCUT2D eigenvalue weighted by Gasteiger charge is 2.12. The summed E-state index contributed by atoms with van der Waals surface area (Å²) in [5.74, 6) is 1.70. The van der Waals surface area contributed by atoms with Crippen molar-refractivity contribution >= 4 is 23.1 Å². The van der Waals surface area contributed by atoms with Gasteiger partial charge in [0.25, 0.3) is 0 Å². The van der Waals surface area contributed by atoms with E-state index in [1.807, 2.05) is 31.5 Å². The summed E-state index contributed by atoms with van der Waals surface area (Å²) in [5, 5.41) is 8.36. The Balaban J connectivity index is 2.28. The van der Waals surface area contributed by atoms with Crippen molar-refractivity contribution in [2.24, 2.45) is 0 Å². The smallest absolute Gasteiger partial charge is 0.203 e. The standard InChI is InChI=1S/C11H16ClN5/c1-8(12)4-6-16(3)10-11-15-14-9(2)17(11)7-5-13-10/h5,7-8H,4,6H2,1-3H3. The maximum Gasteiger partial charge on any atom is 0.203 e. The Labute approximate surface area is 105 Å². The summed E-state index contributed by atoms with van der Waals surface area (Å²) < 4.78 is 1.93. The van der Waals surface area contributed by atoms with E-state index in [1.165, 1.54) is 0 Å². The number of halogens is 1. The number of hydrogen-bond acceptors (Lipinski definition) is 4. The van der Waals surface area contributed by atoms with Crippen LogP contribution in [-0.4, -0.2) is 38.6 Å². The van der Waals surface area contributed by atoms with Gasteiger partial charge >= 0.3 is 0 Å². The molecule has 0 aliphatic heterocycles. The molecule has 6 heteroatoms. The van der Waals surface area contributed by atoms with E-state index in [9.17, 15) is 0 Å². The Bertz CT molecular complexity index is 508. The maximum absolute atomic E-state index is 5.95. The molecule has 0 aromatic carbocycles. The van der Waals surface area contributed by atoms with Gasteiger partial charge in [-0.15, -0.1) is 21.8 Å². The summed E-state index contributed by atoms with van der Waals surface area (Å²) in [6.07, 6.45) is 4.54. The maximum atomic E-state index is 5.95. The second kappa shape index (κ2) is 4.87. The van der Waals surface area contributed by atoms with Gasteiger partial charge in [0, 0.05) is 31.4 Å². The van der Waals surface area contributed by atoms with Crippen LogP contribution in [0.4, 0.5) is 5.82 Å². The summed E-state index contributed by atoms with van der Waals surface area (Å²) in [6.45, 7) is 4.76. The second-order valence-electron chi connectivity index (χ2n) is 4.18. The predicted octanol–water partition coefficient (Wildman–Crippen LogP) is 1.89. The van der Waals surface area contributed by atoms with Gasteiger partial charge in [-0.3, -0.25) is 4.40 Å². The zero-order valence-corrected chi connectivity index (χ0v) is 11.0. The van der Waals surface area contributed by atoms with Crippen LogP contribution in [0.5, 0.6) is 0 Å². The molecule has 0 saturated heterocycles. The van der Waals surface area contributed by atoms with E-state index in [1.54, 1.807) is 6.20 Å². The van der Waals surface area contributed by atoms with Crippen LogP contribution >= 0.6 is 11.6 Å². The molecule has 2 heterocycles. The van der Waals surface area contributed by atoms with E-state index in [4.69, 9.17) is 11.6 Å². The highest BCUT2D eigenvalue weighted by molar-refractivity contribution is 6.20. The Morgan fingerprint density at radius 1 is 1.47 bits per heavy atom. The fraction of sp³-hybridized carbons (Fsp3) is 0.545. The summed E-state index contributed by atoms with van der Waals surface area (Å²) in [5.41, 5.74) is 0.787. The van der Waals surface area contributed by atoms with Gasteiger partial charge in [-0.05, 0) is 20.3 Å². The third kappa shape index (κ3) is 2.49. The molecule has 0 spiro atoms. The molecule has 0 N–H and O–H groups in total. The molecule has 2 rings (SSSR count). The van der Waals surface area contributed by atoms with E-state index >= 15 is 0 Å². The summed E-state index contributed by atoms with van der Waals surface area (Å²) in [4.78, 5) is 6.42. The third-order valence-corrected chi connectivity index (χ3v) is 2.92. The van der Waals surface area contributed by atoms with Gasteiger partial charge in [-0.2, -0.15) is 0 Å². The lowest BCUT2D eigenvalue weighted by Crippen LogP contribution is -2.22. The van der Waals surface area contributed by atoms with Crippen LogP contribution in [0.1, 0.15) is 19.2 Å². The molecule has 1 unspecified atom stereocenters. The van der Waals surface area contributed by atoms with Crippen LogP contribution in [0, 0.1) is 6.92 Å². The number of rotatable bonds is 4. The van der Waals surface area contributed by atoms with Crippen molar-refractivity contribution in [3.05, 3.63) is 18.2 Å². The molecule has 0 fully saturated rings. The largest absolute Gasteiger partial charge is 0.356 e. The first-order valence-corrected chi connectivity index (χ1v) is 6.05. The first-order valence-electron chi connectivity index (χ1n) is 5.61. The predicted molar refractivity (Wildman–Crippen MR) is 68.7 cm³/mol. The topological polar surface area (TPSA) is 46.3 Å². The van der Waals surface area contributed by atoms with Gasteiger partial charge in [-0.25, -0.2) is 4.98 Å². The zero-order valence-electron chi connectivity index (χ0n) is 10.3. The van der Waals surface area contributed by atoms with Gasteiger partial charge < -0.3 is 4.90 Å². The summed E-state index contributed by atoms with van der Waals surface area (Å²) in [7, 11) is 1.99. The highest BCUT2D eigenvalue weighted by atomic mass is 35.5. The van der Waals surface area contributed by atoms with Gasteiger partial charge in [0.1, 0.15) is 5.82 Å². The number of anilines is 1. The molecule has 2 aromatic heterocycles. The van der Waals surface area contributed by atoms with Crippen LogP contribution in [-0.2, 0) is 0 Å². The molecule has 5 nitrogen and oxygen atoms in total. The van der Waals surface area contributed by atoms with Crippen molar-refractivity contribution in [3.8, 4) is 0 Å². The van der Waals surface area contributed by atoms with Crippen molar-refractivity contribution in [2.45, 2.75) is 25.6 Å². The molecular weight excluding hydrogens is 238 g/mol. The van der Waals surface area contributed by atoms with Gasteiger partial charge in [0.15, 0.2) is 5.82 Å². The lowest BCUT2D eigenvalue weighted by Gasteiger charge is -2.18. The van der Waals surface area contributed by atoms with E-state index in [-0.39, 0.29) is 5.38 Å². The van der Waals surface area contributed by atoms with Crippen LogP contribution in [0.2, 0.25) is 0 Å². The Kier molecular flexibility index (Phi) is 3.47. The second-order valence-corrected chi connectivity index (χ2v) is 4.93. The quantitative estimate of drug-likeness (QED) is 0.781. The van der Waals surface area contributed by atoms with E-state index in [0.717, 1.165) is 30.3 Å². The average molecular weight is 254 g/mol. The molecule has 0 radical (unpaired) electrons. The Morgan fingerprint density at radius 2 is 2.24 bits per heavy atom. The van der Waals surface area contributed by atoms with Gasteiger partial charge in [0.2, 0.25) is 5.65 Å². The average Bonchev–Trinajstić information content (AvgIpc) is 2.68. The molecule has 0 aliphatic carbocycles. The fourth-order valence-corrected chi connectivity index (χ4v) is 1.77. The van der Waals surface area contributed by atoms with Crippen LogP contribution in [0.3, 0.4) is 0 Å². The lowest BCUT2D eigenvalue weighted by atomic mass is 10.3. The lowest BCUT2D eigenvalue weighted by molar-refractivity contribution is 0.765. The van der Waals surface area contributed by atoms with Crippen molar-refractivity contribution in [3.63, 3.8) is 0 Å². The molecule has 1 atom stereocenters. The normalized spacial score (nSPS) is 12.9. The first kappa shape index (κ1) is 12.1. The van der Waals surface area contributed by atoms with Gasteiger partial charge in [0.05, 0.1) is 0 Å². The monoisotopic (exact) mass is 253 g/mol. The minimum atomic E-state index is 0.164. The van der Waals surface area contributed by atoms with Gasteiger partial charge in [-0.1, -0.05) is 0 Å². The number of nitrogens with zero attached hydrogens (tertiary/aromatic N) is 5. The number of aryl methyl sites for hydroxylation is 1. The molecule has 0 amide bonds. The van der Waals surface area contributed by atoms with E-state index in [2.05, 4.69) is 20.1 Å². The molecule has 0 bridgehead atoms. The number of hydrogen-bond donors (Lipinski definition) is 0. The van der Waals surface area contributed by atoms with E-state index < -0.39 is 0 Å². The molecule has 17 heavy (non-hydrogen) atoms. The Morgan fingerprint density at radius 3 is 2.94 bits per heavy atom. The Hall–Kier alpha value is -1.36. The summed E-state index contributed by atoms with van der Waals surface area (Å²) in [6, 6.07) is 0. The fourth-order valence-electron chi connectivity index (χ4n) is 1.68. The number of aromatic nitrogens is 4. The number of alkyl halides is 1. The third-order valence-electron chi connectivity index (χ3n) is 2.70. The van der Waals surface area contributed by atoms with Crippen LogP contribution < -0.4 is 4.90 Å². The van der Waals surface area contributed by atoms with Crippen LogP contribution in [0.25, 0.3) is 5.65 Å². The molecule has 0 aliphatic rings. The highest BCUT2D eigenvalue weighted by Crippen LogP contribution is 2.16. The number of fused-ring (bicyclic) bond motifs is 1. The minimum absolute atomic E-state index is 0.164. The molecule has 2 aromatic rings. The van der Waals surface area contributed by atoms with Crippen molar-refractivity contribution in [1.29, 1.82) is 0 Å². The molecule has 0 saturated carbocycles. The van der Waals surface area contributed by atoms with Crippen molar-refractivity contribution in [2.75, 3.05) is 18.5 Å². The van der Waals surface area contributed by atoms with Crippen LogP contribution in [0.15, 0.2) is 12.4 Å². The summed E-state index contributed by atoms with van der Waals surface area (Å²) >= 11 is 5.95. The molecular formula is C11H16ClN5. The van der Waals surface area contributed by atoms with E-state index in [0.29, 0.717) is 0 Å². The van der Waals surface area contributed by atoms with Crippen molar-refractivity contribution < 1.29 is 0 Å². The SMILES string of the molecule is Cc1nnc2c(N(C)CCC(C)Cl)nccn12.